The summed E-state index contributed by atoms with van der Waals surface area (Å²) in [4.78, 5) is 24.7. The zero-order valence-corrected chi connectivity index (χ0v) is 11.2. The second kappa shape index (κ2) is 6.36. The van der Waals surface area contributed by atoms with Gasteiger partial charge in [-0.25, -0.2) is 0 Å². The van der Waals surface area contributed by atoms with Gasteiger partial charge in [0.15, 0.2) is 5.78 Å². The van der Waals surface area contributed by atoms with Gasteiger partial charge in [0.2, 0.25) is 5.91 Å². The Morgan fingerprint density at radius 2 is 2.05 bits per heavy atom. The van der Waals surface area contributed by atoms with Crippen LogP contribution in [0.3, 0.4) is 0 Å². The molecule has 4 nitrogen and oxygen atoms in total. The van der Waals surface area contributed by atoms with Crippen molar-refractivity contribution in [3.8, 4) is 5.75 Å². The molecule has 1 heterocycles. The van der Waals surface area contributed by atoms with E-state index in [2.05, 4.69) is 0 Å². The maximum atomic E-state index is 11.6. The summed E-state index contributed by atoms with van der Waals surface area (Å²) in [7, 11) is 0. The van der Waals surface area contributed by atoms with E-state index in [0.29, 0.717) is 18.6 Å². The summed E-state index contributed by atoms with van der Waals surface area (Å²) < 4.78 is 5.41. The second-order valence-corrected chi connectivity index (χ2v) is 4.72. The molecular formula is C15H19NO3. The van der Waals surface area contributed by atoms with E-state index < -0.39 is 0 Å². The van der Waals surface area contributed by atoms with Crippen molar-refractivity contribution < 1.29 is 14.3 Å². The molecule has 2 rings (SSSR count). The first-order valence-corrected chi connectivity index (χ1v) is 6.75. The Hall–Kier alpha value is -1.84. The van der Waals surface area contributed by atoms with Gasteiger partial charge < -0.3 is 9.64 Å². The minimum atomic E-state index is 0.112. The quantitative estimate of drug-likeness (QED) is 0.790. The van der Waals surface area contributed by atoms with E-state index in [-0.39, 0.29) is 18.3 Å². The Labute approximate surface area is 113 Å². The van der Waals surface area contributed by atoms with Gasteiger partial charge in [-0.3, -0.25) is 9.59 Å². The van der Waals surface area contributed by atoms with Gasteiger partial charge in [0, 0.05) is 25.1 Å². The molecule has 1 amide bonds. The number of ether oxygens (including phenoxy) is 1. The standard InChI is InChI=1S/C15H19NO3/c1-2-4-13(17)11-19-14-8-6-12(7-9-14)16-10-3-5-15(16)18/h6-9H,2-5,10-11H2,1H3. The van der Waals surface area contributed by atoms with Crippen LogP contribution in [0, 0.1) is 0 Å². The van der Waals surface area contributed by atoms with Crippen molar-refractivity contribution in [1.82, 2.24) is 0 Å². The summed E-state index contributed by atoms with van der Waals surface area (Å²) in [5.74, 6) is 0.952. The molecule has 0 saturated carbocycles. The highest BCUT2D eigenvalue weighted by atomic mass is 16.5. The van der Waals surface area contributed by atoms with E-state index >= 15 is 0 Å². The maximum absolute atomic E-state index is 11.6. The van der Waals surface area contributed by atoms with Crippen LogP contribution in [0.2, 0.25) is 0 Å². The molecule has 0 radical (unpaired) electrons. The van der Waals surface area contributed by atoms with Crippen molar-refractivity contribution in [2.24, 2.45) is 0 Å². The fraction of sp³-hybridized carbons (Fsp3) is 0.467. The van der Waals surface area contributed by atoms with E-state index in [9.17, 15) is 9.59 Å². The van der Waals surface area contributed by atoms with Crippen molar-refractivity contribution in [2.75, 3.05) is 18.1 Å². The average Bonchev–Trinajstić information content (AvgIpc) is 2.84. The van der Waals surface area contributed by atoms with E-state index in [1.54, 1.807) is 17.0 Å². The number of hydrogen-bond donors (Lipinski definition) is 0. The fourth-order valence-electron chi connectivity index (χ4n) is 2.16. The van der Waals surface area contributed by atoms with Gasteiger partial charge in [0.05, 0.1) is 0 Å². The normalized spacial score (nSPS) is 14.8. The lowest BCUT2D eigenvalue weighted by Crippen LogP contribution is -2.23. The molecular weight excluding hydrogens is 242 g/mol. The van der Waals surface area contributed by atoms with Gasteiger partial charge in [0.25, 0.3) is 0 Å². The molecule has 0 atom stereocenters. The van der Waals surface area contributed by atoms with Crippen molar-refractivity contribution in [3.63, 3.8) is 0 Å². The fourth-order valence-corrected chi connectivity index (χ4v) is 2.16. The van der Waals surface area contributed by atoms with Gasteiger partial charge in [-0.05, 0) is 37.1 Å². The second-order valence-electron chi connectivity index (χ2n) is 4.72. The van der Waals surface area contributed by atoms with Gasteiger partial charge in [-0.15, -0.1) is 0 Å². The Morgan fingerprint density at radius 3 is 2.63 bits per heavy atom. The molecule has 0 spiro atoms. The molecule has 0 aliphatic carbocycles. The molecule has 1 fully saturated rings. The number of nitrogens with zero attached hydrogens (tertiary/aromatic N) is 1. The number of carbonyl (C=O) groups excluding carboxylic acids is 2. The highest BCUT2D eigenvalue weighted by Gasteiger charge is 2.21. The summed E-state index contributed by atoms with van der Waals surface area (Å²) >= 11 is 0. The van der Waals surface area contributed by atoms with Crippen LogP contribution in [0.4, 0.5) is 5.69 Å². The van der Waals surface area contributed by atoms with Crippen molar-refractivity contribution >= 4 is 17.4 Å². The third-order valence-corrected chi connectivity index (χ3v) is 3.15. The molecule has 4 heteroatoms. The molecule has 0 N–H and O–H groups in total. The topological polar surface area (TPSA) is 46.6 Å². The number of carbonyl (C=O) groups is 2. The average molecular weight is 261 g/mol. The monoisotopic (exact) mass is 261 g/mol. The molecule has 102 valence electrons. The number of amides is 1. The van der Waals surface area contributed by atoms with Gasteiger partial charge in [-0.2, -0.15) is 0 Å². The number of ketones is 1. The van der Waals surface area contributed by atoms with Crippen LogP contribution < -0.4 is 9.64 Å². The molecule has 1 aromatic carbocycles. The minimum Gasteiger partial charge on any atom is -0.486 e. The molecule has 19 heavy (non-hydrogen) atoms. The van der Waals surface area contributed by atoms with Gasteiger partial charge in [0.1, 0.15) is 12.4 Å². The van der Waals surface area contributed by atoms with Crippen molar-refractivity contribution in [2.45, 2.75) is 32.6 Å². The van der Waals surface area contributed by atoms with E-state index in [4.69, 9.17) is 4.74 Å². The third-order valence-electron chi connectivity index (χ3n) is 3.15. The summed E-state index contributed by atoms with van der Waals surface area (Å²) in [6.45, 7) is 2.88. The number of anilines is 1. The lowest BCUT2D eigenvalue weighted by Gasteiger charge is -2.16. The van der Waals surface area contributed by atoms with Crippen LogP contribution in [0.1, 0.15) is 32.6 Å². The lowest BCUT2D eigenvalue weighted by molar-refractivity contribution is -0.121. The first-order valence-electron chi connectivity index (χ1n) is 6.75. The zero-order valence-electron chi connectivity index (χ0n) is 11.2. The molecule has 1 saturated heterocycles. The number of Topliss-reactive ketones (excluding diaryl/α,β-unsaturated/α-hetero) is 1. The van der Waals surface area contributed by atoms with Gasteiger partial charge >= 0.3 is 0 Å². The lowest BCUT2D eigenvalue weighted by atomic mass is 10.2. The predicted molar refractivity (Wildman–Crippen MR) is 73.4 cm³/mol. The summed E-state index contributed by atoms with van der Waals surface area (Å²) in [6, 6.07) is 7.34. The molecule has 0 unspecified atom stereocenters. The smallest absolute Gasteiger partial charge is 0.227 e. The number of benzene rings is 1. The Morgan fingerprint density at radius 1 is 1.32 bits per heavy atom. The Kier molecular flexibility index (Phi) is 4.55. The Bertz CT molecular complexity index is 453. The van der Waals surface area contributed by atoms with E-state index in [1.807, 2.05) is 19.1 Å². The van der Waals surface area contributed by atoms with Crippen LogP contribution >= 0.6 is 0 Å². The van der Waals surface area contributed by atoms with Crippen molar-refractivity contribution in [1.29, 1.82) is 0 Å². The highest BCUT2D eigenvalue weighted by molar-refractivity contribution is 5.95. The van der Waals surface area contributed by atoms with Crippen LogP contribution in [0.15, 0.2) is 24.3 Å². The van der Waals surface area contributed by atoms with Gasteiger partial charge in [-0.1, -0.05) is 6.92 Å². The molecule has 0 aromatic heterocycles. The first kappa shape index (κ1) is 13.6. The number of rotatable bonds is 6. The Balaban J connectivity index is 1.91. The van der Waals surface area contributed by atoms with Crippen LogP contribution in [0.5, 0.6) is 5.75 Å². The highest BCUT2D eigenvalue weighted by Crippen LogP contribution is 2.23. The van der Waals surface area contributed by atoms with Crippen LogP contribution in [-0.4, -0.2) is 24.8 Å². The maximum Gasteiger partial charge on any atom is 0.227 e. The van der Waals surface area contributed by atoms with Crippen LogP contribution in [0.25, 0.3) is 0 Å². The predicted octanol–water partition coefficient (Wildman–Crippen LogP) is 2.56. The summed E-state index contributed by atoms with van der Waals surface area (Å²) in [5, 5.41) is 0. The zero-order chi connectivity index (χ0) is 13.7. The SMILES string of the molecule is CCCC(=O)COc1ccc(N2CCCC2=O)cc1. The summed E-state index contributed by atoms with van der Waals surface area (Å²) in [5.41, 5.74) is 0.898. The van der Waals surface area contributed by atoms with Crippen LogP contribution in [-0.2, 0) is 9.59 Å². The summed E-state index contributed by atoms with van der Waals surface area (Å²) in [6.07, 6.45) is 2.95. The molecule has 1 aromatic rings. The molecule has 0 bridgehead atoms. The van der Waals surface area contributed by atoms with E-state index in [0.717, 1.165) is 25.1 Å². The molecule has 1 aliphatic heterocycles. The molecule has 1 aliphatic rings. The van der Waals surface area contributed by atoms with E-state index in [1.165, 1.54) is 0 Å². The first-order chi connectivity index (χ1) is 9.20. The minimum absolute atomic E-state index is 0.112. The number of hydrogen-bond acceptors (Lipinski definition) is 3. The third kappa shape index (κ3) is 3.56. The van der Waals surface area contributed by atoms with Crippen molar-refractivity contribution in [3.05, 3.63) is 24.3 Å². The largest absolute Gasteiger partial charge is 0.486 e.